The van der Waals surface area contributed by atoms with Crippen molar-refractivity contribution in [1.29, 1.82) is 0 Å². The summed E-state index contributed by atoms with van der Waals surface area (Å²) in [5, 5.41) is 13.9. The molecule has 188 valence electrons. The number of anilines is 1. The van der Waals surface area contributed by atoms with Crippen LogP contribution < -0.4 is 5.32 Å². The van der Waals surface area contributed by atoms with Gasteiger partial charge in [-0.25, -0.2) is 9.97 Å². The smallest absolute Gasteiger partial charge is 0.239 e. The molecule has 6 rings (SSSR count). The highest BCUT2D eigenvalue weighted by molar-refractivity contribution is 8.00. The van der Waals surface area contributed by atoms with E-state index < -0.39 is 0 Å². The summed E-state index contributed by atoms with van der Waals surface area (Å²) in [4.78, 5) is 24.0. The molecule has 0 fully saturated rings. The molecule has 0 spiro atoms. The van der Waals surface area contributed by atoms with Gasteiger partial charge >= 0.3 is 0 Å². The zero-order chi connectivity index (χ0) is 25.2. The van der Waals surface area contributed by atoms with Crippen LogP contribution in [0, 0.1) is 0 Å². The second-order valence-corrected chi connectivity index (χ2v) is 11.5. The molecule has 1 unspecified atom stereocenters. The number of carbonyl (C=O) groups excluding carboxylic acids is 1. The van der Waals surface area contributed by atoms with Gasteiger partial charge in [0, 0.05) is 16.8 Å². The molecule has 9 heteroatoms. The van der Waals surface area contributed by atoms with Crippen LogP contribution in [0.5, 0.6) is 0 Å². The highest BCUT2D eigenvalue weighted by atomic mass is 32.2. The summed E-state index contributed by atoms with van der Waals surface area (Å²) < 4.78 is 2.22. The third-order valence-electron chi connectivity index (χ3n) is 6.81. The Kier molecular flexibility index (Phi) is 6.89. The van der Waals surface area contributed by atoms with Gasteiger partial charge in [0.05, 0.1) is 16.5 Å². The highest BCUT2D eigenvalue weighted by Crippen LogP contribution is 2.32. The second-order valence-electron chi connectivity index (χ2n) is 9.27. The van der Waals surface area contributed by atoms with Crippen LogP contribution in [-0.2, 0) is 30.6 Å². The SMILES string of the molecule is CCC(Sc1nnc2c3ccccc3n(CCc3ccccc3)c2n1)C(=O)Nc1nc2c(s1)CCCC2. The van der Waals surface area contributed by atoms with Gasteiger partial charge in [0.15, 0.2) is 10.8 Å². The van der Waals surface area contributed by atoms with Crippen molar-refractivity contribution in [3.8, 4) is 0 Å². The summed E-state index contributed by atoms with van der Waals surface area (Å²) in [6.45, 7) is 2.79. The molecule has 37 heavy (non-hydrogen) atoms. The lowest BCUT2D eigenvalue weighted by atomic mass is 10.0. The molecule has 0 saturated heterocycles. The topological polar surface area (TPSA) is 85.6 Å². The number of nitrogens with zero attached hydrogens (tertiary/aromatic N) is 5. The molecule has 3 aromatic heterocycles. The van der Waals surface area contributed by atoms with Crippen molar-refractivity contribution < 1.29 is 4.79 Å². The van der Waals surface area contributed by atoms with Crippen LogP contribution in [0.3, 0.4) is 0 Å². The van der Waals surface area contributed by atoms with Crippen molar-refractivity contribution in [3.05, 3.63) is 70.7 Å². The third-order valence-corrected chi connectivity index (χ3v) is 9.10. The molecule has 5 aromatic rings. The van der Waals surface area contributed by atoms with E-state index in [0.29, 0.717) is 16.7 Å². The Morgan fingerprint density at radius 2 is 1.86 bits per heavy atom. The Morgan fingerprint density at radius 1 is 1.05 bits per heavy atom. The normalized spacial score (nSPS) is 14.1. The number of thioether (sulfide) groups is 1. The number of thiazole rings is 1. The zero-order valence-corrected chi connectivity index (χ0v) is 22.3. The van der Waals surface area contributed by atoms with Crippen molar-refractivity contribution in [1.82, 2.24) is 24.7 Å². The van der Waals surface area contributed by atoms with E-state index in [4.69, 9.17) is 4.98 Å². The Morgan fingerprint density at radius 3 is 2.70 bits per heavy atom. The van der Waals surface area contributed by atoms with E-state index in [2.05, 4.69) is 61.5 Å². The van der Waals surface area contributed by atoms with E-state index in [-0.39, 0.29) is 11.2 Å². The lowest BCUT2D eigenvalue weighted by Gasteiger charge is -2.12. The minimum absolute atomic E-state index is 0.0630. The molecule has 7 nitrogen and oxygen atoms in total. The number of aryl methyl sites for hydroxylation is 4. The van der Waals surface area contributed by atoms with Gasteiger partial charge in [-0.2, -0.15) is 0 Å². The number of benzene rings is 2. The van der Waals surface area contributed by atoms with Crippen LogP contribution in [0.15, 0.2) is 59.8 Å². The van der Waals surface area contributed by atoms with E-state index in [1.165, 1.54) is 35.0 Å². The van der Waals surface area contributed by atoms with Crippen LogP contribution in [0.25, 0.3) is 22.1 Å². The molecule has 1 amide bonds. The molecule has 0 radical (unpaired) electrons. The summed E-state index contributed by atoms with van der Waals surface area (Å²) >= 11 is 2.97. The first kappa shape index (κ1) is 24.1. The Bertz CT molecular complexity index is 1540. The summed E-state index contributed by atoms with van der Waals surface area (Å²) in [7, 11) is 0. The number of hydrogen-bond acceptors (Lipinski definition) is 7. The molecule has 0 saturated carbocycles. The Balaban J connectivity index is 1.25. The average molecular weight is 529 g/mol. The van der Waals surface area contributed by atoms with E-state index in [1.807, 2.05) is 25.1 Å². The minimum atomic E-state index is -0.331. The van der Waals surface area contributed by atoms with Gasteiger partial charge in [-0.1, -0.05) is 67.2 Å². The number of hydrogen-bond donors (Lipinski definition) is 1. The first-order chi connectivity index (χ1) is 18.2. The molecular weight excluding hydrogens is 500 g/mol. The fraction of sp³-hybridized carbons (Fsp3) is 0.321. The van der Waals surface area contributed by atoms with Gasteiger partial charge in [0.1, 0.15) is 5.52 Å². The van der Waals surface area contributed by atoms with Crippen molar-refractivity contribution in [2.45, 2.75) is 62.4 Å². The van der Waals surface area contributed by atoms with Crippen LogP contribution in [0.4, 0.5) is 5.13 Å². The lowest BCUT2D eigenvalue weighted by molar-refractivity contribution is -0.115. The van der Waals surface area contributed by atoms with Crippen molar-refractivity contribution in [2.75, 3.05) is 5.32 Å². The second kappa shape index (κ2) is 10.6. The molecule has 1 aliphatic carbocycles. The van der Waals surface area contributed by atoms with E-state index in [9.17, 15) is 4.79 Å². The summed E-state index contributed by atoms with van der Waals surface area (Å²) in [5.74, 6) is -0.0630. The lowest BCUT2D eigenvalue weighted by Crippen LogP contribution is -2.24. The van der Waals surface area contributed by atoms with Gasteiger partial charge in [0.2, 0.25) is 11.1 Å². The van der Waals surface area contributed by atoms with E-state index in [1.54, 1.807) is 11.3 Å². The standard InChI is InChI=1S/C28H28N6OS2/c1-2-22(26(35)31-27-29-20-13-7-9-15-23(20)37-27)36-28-30-25-24(32-33-28)19-12-6-8-14-21(19)34(25)17-16-18-10-4-3-5-11-18/h3-6,8,10-12,14,22H,2,7,9,13,15-17H2,1H3,(H,29,31,35). The maximum atomic E-state index is 13.1. The molecule has 0 aliphatic heterocycles. The molecule has 0 bridgehead atoms. The number of para-hydroxylation sites is 1. The number of amides is 1. The molecule has 1 aliphatic rings. The fourth-order valence-electron chi connectivity index (χ4n) is 4.89. The third kappa shape index (κ3) is 4.98. The molecular formula is C28H28N6OS2. The minimum Gasteiger partial charge on any atom is -0.323 e. The maximum Gasteiger partial charge on any atom is 0.239 e. The van der Waals surface area contributed by atoms with Crippen molar-refractivity contribution in [2.24, 2.45) is 0 Å². The molecule has 3 heterocycles. The van der Waals surface area contributed by atoms with Crippen molar-refractivity contribution in [3.63, 3.8) is 0 Å². The van der Waals surface area contributed by atoms with Crippen LogP contribution >= 0.6 is 23.1 Å². The number of carbonyl (C=O) groups is 1. The Labute approximate surface area is 223 Å². The highest BCUT2D eigenvalue weighted by Gasteiger charge is 2.24. The quantitative estimate of drug-likeness (QED) is 0.246. The zero-order valence-electron chi connectivity index (χ0n) is 20.7. The van der Waals surface area contributed by atoms with Gasteiger partial charge in [-0.05, 0) is 50.2 Å². The van der Waals surface area contributed by atoms with Gasteiger partial charge in [-0.15, -0.1) is 21.5 Å². The average Bonchev–Trinajstić information content (AvgIpc) is 3.49. The monoisotopic (exact) mass is 528 g/mol. The van der Waals surface area contributed by atoms with Crippen molar-refractivity contribution >= 4 is 56.2 Å². The van der Waals surface area contributed by atoms with E-state index >= 15 is 0 Å². The maximum absolute atomic E-state index is 13.1. The van der Waals surface area contributed by atoms with Crippen LogP contribution in [-0.4, -0.2) is 35.9 Å². The molecule has 1 atom stereocenters. The summed E-state index contributed by atoms with van der Waals surface area (Å²) in [5.41, 5.74) is 5.11. The van der Waals surface area contributed by atoms with Crippen LogP contribution in [0.1, 0.15) is 42.3 Å². The number of nitrogens with one attached hydrogen (secondary N) is 1. The van der Waals surface area contributed by atoms with Gasteiger partial charge in [-0.3, -0.25) is 4.79 Å². The fourth-order valence-corrected chi connectivity index (χ4v) is 6.76. The van der Waals surface area contributed by atoms with Gasteiger partial charge in [0.25, 0.3) is 0 Å². The summed E-state index contributed by atoms with van der Waals surface area (Å²) in [6, 6.07) is 18.7. The largest absolute Gasteiger partial charge is 0.323 e. The predicted molar refractivity (Wildman–Crippen MR) is 150 cm³/mol. The number of aromatic nitrogens is 5. The first-order valence-electron chi connectivity index (χ1n) is 12.8. The predicted octanol–water partition coefficient (Wildman–Crippen LogP) is 6.07. The molecule has 2 aromatic carbocycles. The van der Waals surface area contributed by atoms with E-state index in [0.717, 1.165) is 53.6 Å². The molecule has 1 N–H and O–H groups in total. The Hall–Kier alpha value is -3.30. The first-order valence-corrected chi connectivity index (χ1v) is 14.5. The number of rotatable bonds is 8. The number of fused-ring (bicyclic) bond motifs is 4. The van der Waals surface area contributed by atoms with Gasteiger partial charge < -0.3 is 9.88 Å². The summed E-state index contributed by atoms with van der Waals surface area (Å²) in [6.07, 6.45) is 5.98. The van der Waals surface area contributed by atoms with Crippen LogP contribution in [0.2, 0.25) is 0 Å².